The number of esters is 1. The summed E-state index contributed by atoms with van der Waals surface area (Å²) in [4.78, 5) is 29.9. The predicted octanol–water partition coefficient (Wildman–Crippen LogP) is 5.00. The number of halogens is 1. The molecule has 0 saturated heterocycles. The normalized spacial score (nSPS) is 12.1. The molecular formula is C24H25ClN2O3. The summed E-state index contributed by atoms with van der Waals surface area (Å²) in [7, 11) is 0. The van der Waals surface area contributed by atoms with Crippen LogP contribution in [-0.2, 0) is 16.1 Å². The van der Waals surface area contributed by atoms with Crippen molar-refractivity contribution in [2.24, 2.45) is 5.92 Å². The number of rotatable bonds is 6. The van der Waals surface area contributed by atoms with E-state index in [9.17, 15) is 9.59 Å². The van der Waals surface area contributed by atoms with Crippen molar-refractivity contribution in [3.63, 3.8) is 0 Å². The number of benzene rings is 2. The second-order valence-electron chi connectivity index (χ2n) is 7.69. The van der Waals surface area contributed by atoms with Gasteiger partial charge in [-0.1, -0.05) is 61.3 Å². The van der Waals surface area contributed by atoms with Crippen molar-refractivity contribution in [2.45, 2.75) is 40.3 Å². The number of hydrogen-bond acceptors (Lipinski definition) is 4. The smallest absolute Gasteiger partial charge is 0.329 e. The second kappa shape index (κ2) is 9.26. The van der Waals surface area contributed by atoms with Crippen molar-refractivity contribution in [3.05, 3.63) is 75.9 Å². The van der Waals surface area contributed by atoms with Gasteiger partial charge in [0.25, 0.3) is 5.91 Å². The van der Waals surface area contributed by atoms with E-state index in [-0.39, 0.29) is 18.4 Å². The van der Waals surface area contributed by atoms with Gasteiger partial charge in [0, 0.05) is 10.9 Å². The molecule has 6 heteroatoms. The van der Waals surface area contributed by atoms with Gasteiger partial charge in [-0.25, -0.2) is 9.78 Å². The molecule has 0 fully saturated rings. The minimum Gasteiger partial charge on any atom is -0.458 e. The van der Waals surface area contributed by atoms with Gasteiger partial charge < -0.3 is 10.1 Å². The molecule has 0 unspecified atom stereocenters. The van der Waals surface area contributed by atoms with Crippen LogP contribution in [0.15, 0.2) is 48.5 Å². The highest BCUT2D eigenvalue weighted by molar-refractivity contribution is 6.32. The van der Waals surface area contributed by atoms with Gasteiger partial charge >= 0.3 is 5.97 Å². The SMILES string of the molecule is Cc1cccc(C(=O)N[C@H](C(=O)OCc2nc3ccccc3c(C)c2Cl)C(C)C)c1. The number of nitrogens with one attached hydrogen (secondary N) is 1. The minimum absolute atomic E-state index is 0.0626. The Morgan fingerprint density at radius 2 is 1.83 bits per heavy atom. The van der Waals surface area contributed by atoms with Crippen molar-refractivity contribution in [1.29, 1.82) is 0 Å². The summed E-state index contributed by atoms with van der Waals surface area (Å²) in [6.07, 6.45) is 0. The summed E-state index contributed by atoms with van der Waals surface area (Å²) in [5.74, 6) is -0.977. The van der Waals surface area contributed by atoms with Gasteiger partial charge in [-0.2, -0.15) is 0 Å². The lowest BCUT2D eigenvalue weighted by atomic mass is 10.0. The molecule has 2 aromatic carbocycles. The molecule has 0 aliphatic carbocycles. The molecule has 3 aromatic rings. The Labute approximate surface area is 181 Å². The number of hydrogen-bond donors (Lipinski definition) is 1. The molecule has 0 aliphatic rings. The monoisotopic (exact) mass is 424 g/mol. The standard InChI is InChI=1S/C24H25ClN2O3/c1-14(2)22(27-23(28)17-9-7-8-15(3)12-17)24(29)30-13-20-21(25)16(4)18-10-5-6-11-19(18)26-20/h5-12,14,22H,13H2,1-4H3,(H,27,28)/t22-/m0/s1. The van der Waals surface area contributed by atoms with E-state index < -0.39 is 12.0 Å². The number of ether oxygens (including phenoxy) is 1. The van der Waals surface area contributed by atoms with Crippen LogP contribution in [0.5, 0.6) is 0 Å². The highest BCUT2D eigenvalue weighted by Crippen LogP contribution is 2.27. The Morgan fingerprint density at radius 3 is 2.53 bits per heavy atom. The van der Waals surface area contributed by atoms with E-state index in [1.807, 2.05) is 64.1 Å². The molecule has 0 spiro atoms. The van der Waals surface area contributed by atoms with Crippen molar-refractivity contribution in [1.82, 2.24) is 10.3 Å². The zero-order valence-electron chi connectivity index (χ0n) is 17.5. The number of fused-ring (bicyclic) bond motifs is 1. The summed E-state index contributed by atoms with van der Waals surface area (Å²) < 4.78 is 5.50. The van der Waals surface area contributed by atoms with Crippen molar-refractivity contribution < 1.29 is 14.3 Å². The molecule has 3 rings (SSSR count). The van der Waals surface area contributed by atoms with Crippen LogP contribution in [0.2, 0.25) is 5.02 Å². The fraction of sp³-hybridized carbons (Fsp3) is 0.292. The number of nitrogens with zero attached hydrogens (tertiary/aromatic N) is 1. The first-order valence-electron chi connectivity index (χ1n) is 9.85. The second-order valence-corrected chi connectivity index (χ2v) is 8.06. The number of aryl methyl sites for hydroxylation is 2. The predicted molar refractivity (Wildman–Crippen MR) is 119 cm³/mol. The van der Waals surface area contributed by atoms with Gasteiger partial charge in [0.1, 0.15) is 12.6 Å². The first-order chi connectivity index (χ1) is 14.3. The Balaban J connectivity index is 1.74. The van der Waals surface area contributed by atoms with E-state index in [2.05, 4.69) is 10.3 Å². The zero-order valence-corrected chi connectivity index (χ0v) is 18.3. The fourth-order valence-electron chi connectivity index (χ4n) is 3.25. The lowest BCUT2D eigenvalue weighted by Gasteiger charge is -2.21. The van der Waals surface area contributed by atoms with Crippen LogP contribution in [0, 0.1) is 19.8 Å². The van der Waals surface area contributed by atoms with Gasteiger partial charge in [0.05, 0.1) is 16.2 Å². The largest absolute Gasteiger partial charge is 0.458 e. The van der Waals surface area contributed by atoms with E-state index in [1.165, 1.54) is 0 Å². The summed E-state index contributed by atoms with van der Waals surface area (Å²) in [5.41, 5.74) is 3.65. The molecule has 1 heterocycles. The molecule has 156 valence electrons. The third-order valence-corrected chi connectivity index (χ3v) is 5.49. The van der Waals surface area contributed by atoms with Crippen LogP contribution < -0.4 is 5.32 Å². The quantitative estimate of drug-likeness (QED) is 0.565. The number of pyridine rings is 1. The van der Waals surface area contributed by atoms with Crippen LogP contribution >= 0.6 is 11.6 Å². The molecule has 0 saturated carbocycles. The highest BCUT2D eigenvalue weighted by atomic mass is 35.5. The van der Waals surface area contributed by atoms with Gasteiger partial charge in [-0.15, -0.1) is 0 Å². The Hall–Kier alpha value is -2.92. The Morgan fingerprint density at radius 1 is 1.10 bits per heavy atom. The molecule has 1 N–H and O–H groups in total. The lowest BCUT2D eigenvalue weighted by molar-refractivity contribution is -0.148. The first kappa shape index (κ1) is 21.8. The number of para-hydroxylation sites is 1. The maximum atomic E-state index is 12.7. The maximum Gasteiger partial charge on any atom is 0.329 e. The summed E-state index contributed by atoms with van der Waals surface area (Å²) in [5, 5.41) is 4.22. The average Bonchev–Trinajstić information content (AvgIpc) is 2.73. The van der Waals surface area contributed by atoms with E-state index in [1.54, 1.807) is 12.1 Å². The fourth-order valence-corrected chi connectivity index (χ4v) is 3.45. The molecular weight excluding hydrogens is 400 g/mol. The zero-order chi connectivity index (χ0) is 21.8. The van der Waals surface area contributed by atoms with Gasteiger partial charge in [0.15, 0.2) is 0 Å². The molecule has 5 nitrogen and oxygen atoms in total. The van der Waals surface area contributed by atoms with Gasteiger partial charge in [-0.3, -0.25) is 4.79 Å². The highest BCUT2D eigenvalue weighted by Gasteiger charge is 2.27. The topological polar surface area (TPSA) is 68.3 Å². The van der Waals surface area contributed by atoms with Crippen LogP contribution in [0.4, 0.5) is 0 Å². The van der Waals surface area contributed by atoms with E-state index in [0.717, 1.165) is 22.0 Å². The van der Waals surface area contributed by atoms with E-state index >= 15 is 0 Å². The van der Waals surface area contributed by atoms with Crippen LogP contribution in [0.3, 0.4) is 0 Å². The van der Waals surface area contributed by atoms with E-state index in [0.29, 0.717) is 16.3 Å². The Kier molecular flexibility index (Phi) is 6.73. The molecule has 0 radical (unpaired) electrons. The molecule has 1 aromatic heterocycles. The summed E-state index contributed by atoms with van der Waals surface area (Å²) >= 11 is 6.45. The molecule has 0 aliphatic heterocycles. The average molecular weight is 425 g/mol. The maximum absolute atomic E-state index is 12.7. The van der Waals surface area contributed by atoms with Crippen LogP contribution in [0.1, 0.15) is 41.0 Å². The molecule has 0 bridgehead atoms. The lowest BCUT2D eigenvalue weighted by Crippen LogP contribution is -2.45. The van der Waals surface area contributed by atoms with Gasteiger partial charge in [-0.05, 0) is 43.5 Å². The summed E-state index contributed by atoms with van der Waals surface area (Å²) in [6.45, 7) is 7.47. The number of carbonyl (C=O) groups is 2. The van der Waals surface area contributed by atoms with Gasteiger partial charge in [0.2, 0.25) is 0 Å². The number of carbonyl (C=O) groups excluding carboxylic acids is 2. The van der Waals surface area contributed by atoms with Crippen molar-refractivity contribution in [2.75, 3.05) is 0 Å². The third-order valence-electron chi connectivity index (χ3n) is 4.98. The summed E-state index contributed by atoms with van der Waals surface area (Å²) in [6, 6.07) is 14.1. The van der Waals surface area contributed by atoms with Crippen LogP contribution in [-0.4, -0.2) is 22.9 Å². The minimum atomic E-state index is -0.779. The Bertz CT molecular complexity index is 1100. The van der Waals surface area contributed by atoms with Crippen LogP contribution in [0.25, 0.3) is 10.9 Å². The van der Waals surface area contributed by atoms with Crippen molar-refractivity contribution >= 4 is 34.4 Å². The number of aromatic nitrogens is 1. The third kappa shape index (κ3) is 4.79. The molecule has 1 atom stereocenters. The first-order valence-corrected chi connectivity index (χ1v) is 10.2. The molecule has 30 heavy (non-hydrogen) atoms. The van der Waals surface area contributed by atoms with E-state index in [4.69, 9.17) is 16.3 Å². The number of amides is 1. The molecule has 1 amide bonds. The van der Waals surface area contributed by atoms with Crippen molar-refractivity contribution in [3.8, 4) is 0 Å².